The number of ether oxygens (including phenoxy) is 1. The van der Waals surface area contributed by atoms with Crippen molar-refractivity contribution in [2.24, 2.45) is 5.73 Å². The number of primary amides is 1. The van der Waals surface area contributed by atoms with Crippen LogP contribution in [0.3, 0.4) is 0 Å². The predicted molar refractivity (Wildman–Crippen MR) is 58.2 cm³/mol. The molecule has 0 bridgehead atoms. The van der Waals surface area contributed by atoms with Gasteiger partial charge in [0.05, 0.1) is 5.02 Å². The van der Waals surface area contributed by atoms with Crippen LogP contribution in [-0.2, 0) is 4.79 Å². The van der Waals surface area contributed by atoms with E-state index in [0.717, 1.165) is 0 Å². The second kappa shape index (κ2) is 4.24. The summed E-state index contributed by atoms with van der Waals surface area (Å²) in [5, 5.41) is 0.626. The number of nitrogens with two attached hydrogens (primary N) is 1. The van der Waals surface area contributed by atoms with E-state index in [4.69, 9.17) is 33.7 Å². The minimum absolute atomic E-state index is 0.130. The fourth-order valence-electron chi connectivity index (χ4n) is 0.769. The molecule has 0 atom stereocenters. The first-order valence-electron chi connectivity index (χ1n) is 4.13. The summed E-state index contributed by atoms with van der Waals surface area (Å²) in [6.07, 6.45) is 1.37. The standard InChI is InChI=1S/C9H10Cl2N2O2/c1-9(2,8(12)14)15-7-6(11)3-5(10)4-13-7/h3-4H,1-2H3,(H2,12,14). The number of nitrogens with zero attached hydrogens (tertiary/aromatic N) is 1. The van der Waals surface area contributed by atoms with Gasteiger partial charge in [0.2, 0.25) is 5.88 Å². The predicted octanol–water partition coefficient (Wildman–Crippen LogP) is 2.03. The Morgan fingerprint density at radius 2 is 2.13 bits per heavy atom. The van der Waals surface area contributed by atoms with E-state index in [-0.39, 0.29) is 10.9 Å². The summed E-state index contributed by atoms with van der Waals surface area (Å²) in [6.45, 7) is 3.06. The van der Waals surface area contributed by atoms with Crippen molar-refractivity contribution in [1.29, 1.82) is 0 Å². The Morgan fingerprint density at radius 3 is 2.60 bits per heavy atom. The first-order valence-corrected chi connectivity index (χ1v) is 4.88. The first-order chi connectivity index (χ1) is 6.83. The van der Waals surface area contributed by atoms with Crippen LogP contribution in [0.5, 0.6) is 5.88 Å². The van der Waals surface area contributed by atoms with Crippen LogP contribution in [0, 0.1) is 0 Å². The summed E-state index contributed by atoms with van der Waals surface area (Å²) in [4.78, 5) is 14.9. The van der Waals surface area contributed by atoms with Crippen LogP contribution < -0.4 is 10.5 Å². The maximum Gasteiger partial charge on any atom is 0.261 e. The molecule has 0 saturated heterocycles. The van der Waals surface area contributed by atoms with E-state index in [1.165, 1.54) is 26.1 Å². The van der Waals surface area contributed by atoms with Crippen LogP contribution in [-0.4, -0.2) is 16.5 Å². The Bertz CT molecular complexity index is 394. The van der Waals surface area contributed by atoms with Crippen molar-refractivity contribution >= 4 is 29.1 Å². The van der Waals surface area contributed by atoms with Gasteiger partial charge in [-0.05, 0) is 19.9 Å². The molecule has 0 spiro atoms. The maximum absolute atomic E-state index is 11.0. The fraction of sp³-hybridized carbons (Fsp3) is 0.333. The highest BCUT2D eigenvalue weighted by Gasteiger charge is 2.28. The van der Waals surface area contributed by atoms with Crippen molar-refractivity contribution in [2.45, 2.75) is 19.4 Å². The van der Waals surface area contributed by atoms with E-state index in [0.29, 0.717) is 5.02 Å². The minimum Gasteiger partial charge on any atom is -0.460 e. The molecule has 0 aliphatic carbocycles. The molecule has 1 aromatic heterocycles. The third kappa shape index (κ3) is 2.97. The van der Waals surface area contributed by atoms with E-state index in [1.807, 2.05) is 0 Å². The van der Waals surface area contributed by atoms with E-state index in [9.17, 15) is 4.79 Å². The summed E-state index contributed by atoms with van der Waals surface area (Å²) < 4.78 is 5.27. The number of carbonyl (C=O) groups is 1. The molecule has 1 aromatic rings. The van der Waals surface area contributed by atoms with Crippen molar-refractivity contribution in [3.8, 4) is 5.88 Å². The van der Waals surface area contributed by atoms with Crippen molar-refractivity contribution < 1.29 is 9.53 Å². The lowest BCUT2D eigenvalue weighted by Crippen LogP contribution is -2.43. The van der Waals surface area contributed by atoms with E-state index in [2.05, 4.69) is 4.98 Å². The average Bonchev–Trinajstić information content (AvgIpc) is 2.09. The van der Waals surface area contributed by atoms with Gasteiger partial charge >= 0.3 is 0 Å². The van der Waals surface area contributed by atoms with Crippen LogP contribution in [0.15, 0.2) is 12.3 Å². The van der Waals surface area contributed by atoms with Crippen LogP contribution in [0.25, 0.3) is 0 Å². The summed E-state index contributed by atoms with van der Waals surface area (Å²) in [7, 11) is 0. The molecule has 82 valence electrons. The lowest BCUT2D eigenvalue weighted by molar-refractivity contribution is -0.130. The molecule has 0 aliphatic rings. The summed E-state index contributed by atoms with van der Waals surface area (Å²) in [6, 6.07) is 1.47. The molecular formula is C9H10Cl2N2O2. The monoisotopic (exact) mass is 248 g/mol. The van der Waals surface area contributed by atoms with Gasteiger partial charge in [0, 0.05) is 6.20 Å². The van der Waals surface area contributed by atoms with E-state index in [1.54, 1.807) is 0 Å². The lowest BCUT2D eigenvalue weighted by Gasteiger charge is -2.22. The number of aromatic nitrogens is 1. The van der Waals surface area contributed by atoms with Gasteiger partial charge in [-0.1, -0.05) is 23.2 Å². The Morgan fingerprint density at radius 1 is 1.53 bits per heavy atom. The number of amides is 1. The third-order valence-corrected chi connectivity index (χ3v) is 2.20. The maximum atomic E-state index is 11.0. The van der Waals surface area contributed by atoms with Gasteiger partial charge in [-0.2, -0.15) is 0 Å². The van der Waals surface area contributed by atoms with Crippen LogP contribution in [0.1, 0.15) is 13.8 Å². The Balaban J connectivity index is 2.95. The molecule has 0 saturated carbocycles. The molecule has 0 aromatic carbocycles. The molecule has 1 rings (SSSR count). The quantitative estimate of drug-likeness (QED) is 0.891. The molecule has 0 unspecified atom stereocenters. The number of halogens is 2. The highest BCUT2D eigenvalue weighted by Crippen LogP contribution is 2.27. The fourth-order valence-corrected chi connectivity index (χ4v) is 1.19. The summed E-state index contributed by atoms with van der Waals surface area (Å²) >= 11 is 11.5. The largest absolute Gasteiger partial charge is 0.460 e. The number of hydrogen-bond donors (Lipinski definition) is 1. The van der Waals surface area contributed by atoms with Gasteiger partial charge in [0.1, 0.15) is 5.02 Å². The molecule has 0 radical (unpaired) electrons. The number of hydrogen-bond acceptors (Lipinski definition) is 3. The smallest absolute Gasteiger partial charge is 0.261 e. The van der Waals surface area contributed by atoms with Crippen LogP contribution >= 0.6 is 23.2 Å². The van der Waals surface area contributed by atoms with Crippen molar-refractivity contribution in [2.75, 3.05) is 0 Å². The zero-order chi connectivity index (χ0) is 11.6. The zero-order valence-electron chi connectivity index (χ0n) is 8.25. The van der Waals surface area contributed by atoms with E-state index >= 15 is 0 Å². The average molecular weight is 249 g/mol. The minimum atomic E-state index is -1.16. The highest BCUT2D eigenvalue weighted by molar-refractivity contribution is 6.35. The lowest BCUT2D eigenvalue weighted by atomic mass is 10.1. The molecule has 0 fully saturated rings. The molecule has 0 aliphatic heterocycles. The van der Waals surface area contributed by atoms with Crippen LogP contribution in [0.2, 0.25) is 10.0 Å². The summed E-state index contributed by atoms with van der Waals surface area (Å²) in [5.74, 6) is -0.472. The third-order valence-electron chi connectivity index (χ3n) is 1.72. The molecule has 1 amide bonds. The molecule has 6 heteroatoms. The molecular weight excluding hydrogens is 239 g/mol. The van der Waals surface area contributed by atoms with Crippen LogP contribution in [0.4, 0.5) is 0 Å². The normalized spacial score (nSPS) is 11.2. The zero-order valence-corrected chi connectivity index (χ0v) is 9.76. The topological polar surface area (TPSA) is 65.2 Å². The Kier molecular flexibility index (Phi) is 3.42. The Hall–Kier alpha value is -1.00. The second-order valence-corrected chi connectivity index (χ2v) is 4.26. The number of carbonyl (C=O) groups excluding carboxylic acids is 1. The van der Waals surface area contributed by atoms with Gasteiger partial charge in [-0.25, -0.2) is 4.98 Å². The van der Waals surface area contributed by atoms with Crippen molar-refractivity contribution in [1.82, 2.24) is 4.98 Å². The van der Waals surface area contributed by atoms with Gasteiger partial charge in [-0.3, -0.25) is 4.79 Å². The highest BCUT2D eigenvalue weighted by atomic mass is 35.5. The van der Waals surface area contributed by atoms with Crippen molar-refractivity contribution in [3.05, 3.63) is 22.3 Å². The van der Waals surface area contributed by atoms with Gasteiger partial charge in [0.25, 0.3) is 5.91 Å². The second-order valence-electron chi connectivity index (χ2n) is 3.42. The summed E-state index contributed by atoms with van der Waals surface area (Å²) in [5.41, 5.74) is 3.97. The van der Waals surface area contributed by atoms with Gasteiger partial charge in [0.15, 0.2) is 5.60 Å². The van der Waals surface area contributed by atoms with Crippen molar-refractivity contribution in [3.63, 3.8) is 0 Å². The first kappa shape index (κ1) is 12.1. The molecule has 2 N–H and O–H groups in total. The van der Waals surface area contributed by atoms with E-state index < -0.39 is 11.5 Å². The molecule has 15 heavy (non-hydrogen) atoms. The Labute approximate surface area is 97.3 Å². The SMILES string of the molecule is CC(C)(Oc1ncc(Cl)cc1Cl)C(N)=O. The number of rotatable bonds is 3. The molecule has 4 nitrogen and oxygen atoms in total. The van der Waals surface area contributed by atoms with Gasteiger partial charge < -0.3 is 10.5 Å². The molecule has 1 heterocycles. The number of pyridine rings is 1. The van der Waals surface area contributed by atoms with Gasteiger partial charge in [-0.15, -0.1) is 0 Å².